The number of carbonyl (C=O) groups excluding carboxylic acids is 2. The summed E-state index contributed by atoms with van der Waals surface area (Å²) < 4.78 is 1.05. The van der Waals surface area contributed by atoms with Crippen molar-refractivity contribution in [2.75, 3.05) is 5.73 Å². The molecule has 0 spiro atoms. The van der Waals surface area contributed by atoms with E-state index in [4.69, 9.17) is 5.73 Å². The summed E-state index contributed by atoms with van der Waals surface area (Å²) in [6.07, 6.45) is -0.161. The molecule has 0 radical (unpaired) electrons. The van der Waals surface area contributed by atoms with Crippen molar-refractivity contribution >= 4 is 17.5 Å². The van der Waals surface area contributed by atoms with E-state index in [0.717, 1.165) is 4.68 Å². The molecule has 0 saturated heterocycles. The minimum atomic E-state index is -0.391. The van der Waals surface area contributed by atoms with Crippen molar-refractivity contribution in [2.45, 2.75) is 20.3 Å². The number of nitrogens with zero attached hydrogens (tertiary/aromatic N) is 2. The minimum absolute atomic E-state index is 0.161. The van der Waals surface area contributed by atoms with Crippen molar-refractivity contribution in [1.82, 2.24) is 9.78 Å². The van der Waals surface area contributed by atoms with Crippen LogP contribution in [0.4, 0.5) is 5.82 Å². The van der Waals surface area contributed by atoms with Crippen LogP contribution in [0.3, 0.4) is 0 Å². The molecule has 5 heteroatoms. The molecule has 70 valence electrons. The Morgan fingerprint density at radius 1 is 1.62 bits per heavy atom. The lowest BCUT2D eigenvalue weighted by Gasteiger charge is -1.99. The van der Waals surface area contributed by atoms with Crippen LogP contribution in [0.25, 0.3) is 0 Å². The predicted octanol–water partition coefficient (Wildman–Crippen LogP) is 0.393. The molecule has 1 aromatic heterocycles. The number of nitrogen functional groups attached to an aromatic ring is 1. The quantitative estimate of drug-likeness (QED) is 0.669. The van der Waals surface area contributed by atoms with Crippen molar-refractivity contribution in [3.05, 3.63) is 11.8 Å². The van der Waals surface area contributed by atoms with Gasteiger partial charge in [0.2, 0.25) is 0 Å². The lowest BCUT2D eigenvalue weighted by atomic mass is 10.3. The molecule has 0 aliphatic carbocycles. The Morgan fingerprint density at radius 3 is 2.62 bits per heavy atom. The lowest BCUT2D eigenvalue weighted by Crippen LogP contribution is -2.17. The number of aryl methyl sites for hydroxylation is 1. The molecule has 0 unspecified atom stereocenters. The number of anilines is 1. The first kappa shape index (κ1) is 9.44. The van der Waals surface area contributed by atoms with Crippen LogP contribution >= 0.6 is 0 Å². The third kappa shape index (κ3) is 2.14. The van der Waals surface area contributed by atoms with Gasteiger partial charge in [-0.3, -0.25) is 9.59 Å². The van der Waals surface area contributed by atoms with Crippen LogP contribution in [0, 0.1) is 6.92 Å². The summed E-state index contributed by atoms with van der Waals surface area (Å²) >= 11 is 0. The van der Waals surface area contributed by atoms with Gasteiger partial charge in [-0.1, -0.05) is 0 Å². The molecule has 0 aliphatic rings. The van der Waals surface area contributed by atoms with Crippen molar-refractivity contribution in [3.63, 3.8) is 0 Å². The summed E-state index contributed by atoms with van der Waals surface area (Å²) in [6.45, 7) is 3.08. The van der Waals surface area contributed by atoms with Crippen LogP contribution in [0.1, 0.15) is 23.8 Å². The molecule has 1 rings (SSSR count). The molecule has 0 fully saturated rings. The van der Waals surface area contributed by atoms with Crippen LogP contribution < -0.4 is 5.73 Å². The second-order valence-electron chi connectivity index (χ2n) is 2.89. The molecular weight excluding hydrogens is 170 g/mol. The van der Waals surface area contributed by atoms with Crippen LogP contribution in [-0.2, 0) is 4.79 Å². The third-order valence-electron chi connectivity index (χ3n) is 1.50. The largest absolute Gasteiger partial charge is 0.383 e. The Kier molecular flexibility index (Phi) is 2.46. The predicted molar refractivity (Wildman–Crippen MR) is 47.3 cm³/mol. The molecule has 5 nitrogen and oxygen atoms in total. The van der Waals surface area contributed by atoms with Gasteiger partial charge in [-0.2, -0.15) is 9.78 Å². The maximum atomic E-state index is 11.3. The highest BCUT2D eigenvalue weighted by Crippen LogP contribution is 2.05. The van der Waals surface area contributed by atoms with E-state index < -0.39 is 5.91 Å². The molecule has 0 amide bonds. The first-order chi connectivity index (χ1) is 6.00. The molecule has 13 heavy (non-hydrogen) atoms. The van der Waals surface area contributed by atoms with E-state index in [-0.39, 0.29) is 18.0 Å². The fourth-order valence-corrected chi connectivity index (χ4v) is 1.01. The standard InChI is InChI=1S/C8H11N3O2/c1-5-3-7(9)11(10-5)8(13)4-6(2)12/h3H,4,9H2,1-2H3. The Bertz CT molecular complexity index is 354. The van der Waals surface area contributed by atoms with Crippen LogP contribution in [0.15, 0.2) is 6.07 Å². The van der Waals surface area contributed by atoms with Gasteiger partial charge in [0.05, 0.1) is 12.1 Å². The number of nitrogens with two attached hydrogens (primary N) is 1. The van der Waals surface area contributed by atoms with E-state index in [2.05, 4.69) is 5.10 Å². The van der Waals surface area contributed by atoms with Gasteiger partial charge in [0.15, 0.2) is 0 Å². The van der Waals surface area contributed by atoms with Gasteiger partial charge in [0.25, 0.3) is 5.91 Å². The van der Waals surface area contributed by atoms with E-state index >= 15 is 0 Å². The number of Topliss-reactive ketones (excluding diaryl/α,β-unsaturated/α-hetero) is 1. The van der Waals surface area contributed by atoms with Gasteiger partial charge >= 0.3 is 0 Å². The van der Waals surface area contributed by atoms with Crippen LogP contribution in [0.2, 0.25) is 0 Å². The zero-order valence-electron chi connectivity index (χ0n) is 7.57. The van der Waals surface area contributed by atoms with Gasteiger partial charge in [-0.15, -0.1) is 0 Å². The summed E-state index contributed by atoms with van der Waals surface area (Å²) in [6, 6.07) is 1.58. The Labute approximate surface area is 75.5 Å². The number of hydrogen-bond donors (Lipinski definition) is 1. The monoisotopic (exact) mass is 181 g/mol. The van der Waals surface area contributed by atoms with Crippen molar-refractivity contribution in [2.24, 2.45) is 0 Å². The molecule has 2 N–H and O–H groups in total. The van der Waals surface area contributed by atoms with Gasteiger partial charge in [-0.05, 0) is 13.8 Å². The molecule has 1 aromatic rings. The van der Waals surface area contributed by atoms with Crippen molar-refractivity contribution < 1.29 is 9.59 Å². The Balaban J connectivity index is 2.88. The third-order valence-corrected chi connectivity index (χ3v) is 1.50. The number of ketones is 1. The van der Waals surface area contributed by atoms with Crippen molar-refractivity contribution in [1.29, 1.82) is 0 Å². The molecule has 0 aromatic carbocycles. The smallest absolute Gasteiger partial charge is 0.256 e. The summed E-state index contributed by atoms with van der Waals surface area (Å²) in [5.41, 5.74) is 6.15. The van der Waals surface area contributed by atoms with Gasteiger partial charge in [0.1, 0.15) is 11.6 Å². The van der Waals surface area contributed by atoms with E-state index in [0.29, 0.717) is 5.69 Å². The van der Waals surface area contributed by atoms with E-state index in [9.17, 15) is 9.59 Å². The fraction of sp³-hybridized carbons (Fsp3) is 0.375. The maximum absolute atomic E-state index is 11.3. The zero-order valence-corrected chi connectivity index (χ0v) is 7.57. The normalized spacial score (nSPS) is 10.0. The van der Waals surface area contributed by atoms with E-state index in [1.165, 1.54) is 6.92 Å². The number of aromatic nitrogens is 2. The lowest BCUT2D eigenvalue weighted by molar-refractivity contribution is -0.116. The van der Waals surface area contributed by atoms with Gasteiger partial charge in [-0.25, -0.2) is 0 Å². The highest BCUT2D eigenvalue weighted by atomic mass is 16.2. The molecule has 1 heterocycles. The van der Waals surface area contributed by atoms with Crippen LogP contribution in [-0.4, -0.2) is 21.5 Å². The molecule has 0 atom stereocenters. The van der Waals surface area contributed by atoms with E-state index in [1.54, 1.807) is 13.0 Å². The number of carbonyl (C=O) groups is 2. The van der Waals surface area contributed by atoms with Gasteiger partial charge < -0.3 is 5.73 Å². The average molecular weight is 181 g/mol. The topological polar surface area (TPSA) is 78.0 Å². The molecule has 0 bridgehead atoms. The maximum Gasteiger partial charge on any atom is 0.256 e. The molecule has 0 aliphatic heterocycles. The summed E-state index contributed by atoms with van der Waals surface area (Å²) in [4.78, 5) is 21.9. The zero-order chi connectivity index (χ0) is 10.0. The molecule has 0 saturated carbocycles. The highest BCUT2D eigenvalue weighted by Gasteiger charge is 2.12. The summed E-state index contributed by atoms with van der Waals surface area (Å²) in [5, 5.41) is 3.85. The van der Waals surface area contributed by atoms with Crippen LogP contribution in [0.5, 0.6) is 0 Å². The first-order valence-corrected chi connectivity index (χ1v) is 3.85. The second kappa shape index (κ2) is 3.38. The number of rotatable bonds is 2. The highest BCUT2D eigenvalue weighted by molar-refractivity contribution is 5.98. The van der Waals surface area contributed by atoms with Crippen molar-refractivity contribution in [3.8, 4) is 0 Å². The van der Waals surface area contributed by atoms with Gasteiger partial charge in [0, 0.05) is 6.07 Å². The summed E-state index contributed by atoms with van der Waals surface area (Å²) in [7, 11) is 0. The Hall–Kier alpha value is -1.65. The molecular formula is C8H11N3O2. The Morgan fingerprint density at radius 2 is 2.23 bits per heavy atom. The van der Waals surface area contributed by atoms with E-state index in [1.807, 2.05) is 0 Å². The number of hydrogen-bond acceptors (Lipinski definition) is 4. The summed E-state index contributed by atoms with van der Waals surface area (Å²) in [5.74, 6) is -0.320. The SMILES string of the molecule is CC(=O)CC(=O)n1nc(C)cc1N. The fourth-order valence-electron chi connectivity index (χ4n) is 1.01. The first-order valence-electron chi connectivity index (χ1n) is 3.85. The average Bonchev–Trinajstić information content (AvgIpc) is 2.28. The second-order valence-corrected chi connectivity index (χ2v) is 2.89. The minimum Gasteiger partial charge on any atom is -0.383 e.